The molecule has 0 spiro atoms. The molecule has 32 heavy (non-hydrogen) atoms. The van der Waals surface area contributed by atoms with E-state index in [4.69, 9.17) is 0 Å². The number of halogens is 5. The molecule has 0 aliphatic heterocycles. The molecule has 3 N–H and O–H groups in total. The second-order valence-corrected chi connectivity index (χ2v) is 8.53. The number of hydrogen-bond donors (Lipinski definition) is 3. The SMILES string of the molecule is CNc1ccc(C2CCCC(C(=O)Nc3ccc(C(F)(F)F)cc3F)C2C(=O)O)cc1Br. The Morgan fingerprint density at radius 2 is 1.78 bits per heavy atom. The van der Waals surface area contributed by atoms with Gasteiger partial charge in [-0.05, 0) is 70.6 Å². The molecule has 0 radical (unpaired) electrons. The minimum atomic E-state index is -4.72. The van der Waals surface area contributed by atoms with Gasteiger partial charge in [-0.15, -0.1) is 0 Å². The van der Waals surface area contributed by atoms with E-state index in [1.807, 2.05) is 6.07 Å². The fourth-order valence-electron chi connectivity index (χ4n) is 4.19. The van der Waals surface area contributed by atoms with E-state index in [0.29, 0.717) is 25.0 Å². The Balaban J connectivity index is 1.85. The fraction of sp³-hybridized carbons (Fsp3) is 0.364. The second-order valence-electron chi connectivity index (χ2n) is 7.68. The Hall–Kier alpha value is -2.62. The van der Waals surface area contributed by atoms with Crippen molar-refractivity contribution in [2.45, 2.75) is 31.4 Å². The number of carbonyl (C=O) groups excluding carboxylic acids is 1. The highest BCUT2D eigenvalue weighted by Gasteiger charge is 2.43. The molecule has 1 fully saturated rings. The van der Waals surface area contributed by atoms with E-state index in [0.717, 1.165) is 21.8 Å². The monoisotopic (exact) mass is 516 g/mol. The summed E-state index contributed by atoms with van der Waals surface area (Å²) in [6.45, 7) is 0. The van der Waals surface area contributed by atoms with Gasteiger partial charge >= 0.3 is 12.1 Å². The molecular weight excluding hydrogens is 496 g/mol. The Morgan fingerprint density at radius 3 is 2.34 bits per heavy atom. The molecule has 0 heterocycles. The smallest absolute Gasteiger partial charge is 0.416 e. The number of amides is 1. The standard InChI is InChI=1S/C22H21BrF4N2O3/c1-28-17-7-5-11(9-15(17)23)13-3-2-4-14(19(13)21(31)32)20(30)29-18-8-6-12(10-16(18)24)22(25,26)27/h5-10,13-14,19,28H,2-4H2,1H3,(H,29,30)(H,31,32). The third-order valence-electron chi connectivity index (χ3n) is 5.76. The summed E-state index contributed by atoms with van der Waals surface area (Å²) in [5, 5.41) is 15.2. The molecular formula is C22H21BrF4N2O3. The van der Waals surface area contributed by atoms with Gasteiger partial charge in [-0.25, -0.2) is 4.39 Å². The molecule has 0 aromatic heterocycles. The quantitative estimate of drug-likeness (QED) is 0.434. The van der Waals surface area contributed by atoms with Crippen LogP contribution in [0.1, 0.15) is 36.3 Å². The van der Waals surface area contributed by atoms with Crippen molar-refractivity contribution in [3.05, 3.63) is 57.8 Å². The second kappa shape index (κ2) is 9.48. The lowest BCUT2D eigenvalue weighted by Gasteiger charge is -2.35. The molecule has 0 bridgehead atoms. The van der Waals surface area contributed by atoms with Crippen molar-refractivity contribution in [3.63, 3.8) is 0 Å². The van der Waals surface area contributed by atoms with Crippen molar-refractivity contribution in [2.75, 3.05) is 17.7 Å². The number of carboxylic acid groups (broad SMARTS) is 1. The average molecular weight is 517 g/mol. The number of rotatable bonds is 5. The molecule has 3 unspecified atom stereocenters. The van der Waals surface area contributed by atoms with E-state index in [-0.39, 0.29) is 6.42 Å². The Bertz CT molecular complexity index is 1030. The van der Waals surface area contributed by atoms with Crippen LogP contribution in [0.5, 0.6) is 0 Å². The van der Waals surface area contributed by atoms with Gasteiger partial charge in [-0.2, -0.15) is 13.2 Å². The summed E-state index contributed by atoms with van der Waals surface area (Å²) in [5.41, 5.74) is -0.0230. The highest BCUT2D eigenvalue weighted by Crippen LogP contribution is 2.43. The zero-order valence-electron chi connectivity index (χ0n) is 17.0. The zero-order chi connectivity index (χ0) is 23.6. The topological polar surface area (TPSA) is 78.4 Å². The number of carboxylic acids is 1. The van der Waals surface area contributed by atoms with Crippen LogP contribution in [0.15, 0.2) is 40.9 Å². The van der Waals surface area contributed by atoms with Crippen molar-refractivity contribution >= 4 is 39.2 Å². The summed E-state index contributed by atoms with van der Waals surface area (Å²) >= 11 is 3.44. The minimum Gasteiger partial charge on any atom is -0.481 e. The van der Waals surface area contributed by atoms with Gasteiger partial charge in [0.25, 0.3) is 0 Å². The maximum absolute atomic E-state index is 14.2. The highest BCUT2D eigenvalue weighted by molar-refractivity contribution is 9.10. The molecule has 1 aliphatic carbocycles. The van der Waals surface area contributed by atoms with Crippen LogP contribution in [-0.2, 0) is 15.8 Å². The largest absolute Gasteiger partial charge is 0.481 e. The van der Waals surface area contributed by atoms with Gasteiger partial charge in [-0.1, -0.05) is 12.5 Å². The van der Waals surface area contributed by atoms with Gasteiger partial charge in [0, 0.05) is 17.2 Å². The lowest BCUT2D eigenvalue weighted by Crippen LogP contribution is -2.40. The number of carbonyl (C=O) groups is 2. The molecule has 3 atom stereocenters. The molecule has 1 amide bonds. The Kier molecular flexibility index (Phi) is 7.12. The van der Waals surface area contributed by atoms with Crippen molar-refractivity contribution in [1.29, 1.82) is 0 Å². The first kappa shape index (κ1) is 24.0. The summed E-state index contributed by atoms with van der Waals surface area (Å²) in [7, 11) is 1.75. The van der Waals surface area contributed by atoms with Crippen LogP contribution in [0.2, 0.25) is 0 Å². The van der Waals surface area contributed by atoms with E-state index >= 15 is 0 Å². The first-order valence-corrected chi connectivity index (χ1v) is 10.7. The molecule has 5 nitrogen and oxygen atoms in total. The van der Waals surface area contributed by atoms with Crippen LogP contribution in [0, 0.1) is 17.7 Å². The minimum absolute atomic E-state index is 0.275. The van der Waals surface area contributed by atoms with Crippen LogP contribution < -0.4 is 10.6 Å². The van der Waals surface area contributed by atoms with Crippen molar-refractivity contribution in [1.82, 2.24) is 0 Å². The molecule has 172 valence electrons. The molecule has 1 saturated carbocycles. The maximum Gasteiger partial charge on any atom is 0.416 e. The lowest BCUT2D eigenvalue weighted by molar-refractivity contribution is -0.148. The third kappa shape index (κ3) is 5.06. The van der Waals surface area contributed by atoms with Gasteiger partial charge in [0.2, 0.25) is 5.91 Å². The fourth-order valence-corrected chi connectivity index (χ4v) is 4.79. The van der Waals surface area contributed by atoms with Gasteiger partial charge in [0.1, 0.15) is 5.82 Å². The van der Waals surface area contributed by atoms with E-state index in [1.54, 1.807) is 19.2 Å². The normalized spacial score (nSPS) is 21.1. The number of alkyl halides is 3. The number of hydrogen-bond acceptors (Lipinski definition) is 3. The molecule has 2 aromatic carbocycles. The summed E-state index contributed by atoms with van der Waals surface area (Å²) < 4.78 is 53.2. The Labute approximate surface area is 190 Å². The van der Waals surface area contributed by atoms with Crippen LogP contribution in [0.4, 0.5) is 28.9 Å². The number of anilines is 2. The summed E-state index contributed by atoms with van der Waals surface area (Å²) in [4.78, 5) is 25.0. The van der Waals surface area contributed by atoms with Crippen molar-refractivity contribution < 1.29 is 32.3 Å². The van der Waals surface area contributed by atoms with Crippen LogP contribution in [0.25, 0.3) is 0 Å². The molecule has 3 rings (SSSR count). The number of nitrogens with one attached hydrogen (secondary N) is 2. The number of aliphatic carboxylic acids is 1. The van der Waals surface area contributed by atoms with E-state index in [2.05, 4.69) is 26.6 Å². The summed E-state index contributed by atoms with van der Waals surface area (Å²) in [6.07, 6.45) is -3.31. The van der Waals surface area contributed by atoms with Gasteiger partial charge in [-0.3, -0.25) is 9.59 Å². The van der Waals surface area contributed by atoms with Crippen molar-refractivity contribution in [2.24, 2.45) is 11.8 Å². The molecule has 10 heteroatoms. The van der Waals surface area contributed by atoms with Gasteiger partial charge in [0.15, 0.2) is 0 Å². The third-order valence-corrected chi connectivity index (χ3v) is 6.42. The average Bonchev–Trinajstić information content (AvgIpc) is 2.73. The van der Waals surface area contributed by atoms with Crippen molar-refractivity contribution in [3.8, 4) is 0 Å². The predicted octanol–water partition coefficient (Wildman–Crippen LogP) is 5.87. The molecule has 0 saturated heterocycles. The van der Waals surface area contributed by atoms with E-state index < -0.39 is 52.9 Å². The van der Waals surface area contributed by atoms with Crippen LogP contribution in [0.3, 0.4) is 0 Å². The molecule has 2 aromatic rings. The van der Waals surface area contributed by atoms with Gasteiger partial charge in [0.05, 0.1) is 23.1 Å². The first-order valence-electron chi connectivity index (χ1n) is 9.90. The van der Waals surface area contributed by atoms with Crippen LogP contribution >= 0.6 is 15.9 Å². The summed E-state index contributed by atoms with van der Waals surface area (Å²) in [6, 6.07) is 7.21. The lowest BCUT2D eigenvalue weighted by atomic mass is 9.69. The number of benzene rings is 2. The predicted molar refractivity (Wildman–Crippen MR) is 115 cm³/mol. The van der Waals surface area contributed by atoms with E-state index in [1.165, 1.54) is 0 Å². The van der Waals surface area contributed by atoms with Gasteiger partial charge < -0.3 is 15.7 Å². The highest BCUT2D eigenvalue weighted by atomic mass is 79.9. The summed E-state index contributed by atoms with van der Waals surface area (Å²) in [5.74, 6) is -5.59. The maximum atomic E-state index is 14.2. The zero-order valence-corrected chi connectivity index (χ0v) is 18.6. The van der Waals surface area contributed by atoms with E-state index in [9.17, 15) is 32.3 Å². The Morgan fingerprint density at radius 1 is 1.09 bits per heavy atom. The van der Waals surface area contributed by atoms with Crippen LogP contribution in [-0.4, -0.2) is 24.0 Å². The first-order chi connectivity index (χ1) is 15.0. The molecule has 1 aliphatic rings.